The molecule has 28 heavy (non-hydrogen) atoms. The van der Waals surface area contributed by atoms with E-state index < -0.39 is 9.84 Å². The van der Waals surface area contributed by atoms with Crippen LogP contribution in [0, 0.1) is 5.92 Å². The lowest BCUT2D eigenvalue weighted by Crippen LogP contribution is -2.38. The number of hydrogen-bond donors (Lipinski definition) is 2. The van der Waals surface area contributed by atoms with Crippen molar-refractivity contribution < 1.29 is 8.42 Å². The number of sulfone groups is 1. The summed E-state index contributed by atoms with van der Waals surface area (Å²) in [6.45, 7) is 4.46. The molecule has 0 saturated heterocycles. The smallest absolute Gasteiger partial charge is 0.191 e. The molecule has 1 saturated carbocycles. The molecule has 0 bridgehead atoms. The van der Waals surface area contributed by atoms with Crippen LogP contribution in [0.4, 0.5) is 0 Å². The van der Waals surface area contributed by atoms with E-state index in [0.29, 0.717) is 16.7 Å². The number of rotatable bonds is 8. The Morgan fingerprint density at radius 1 is 1.07 bits per heavy atom. The SMILES string of the molecule is CCNC(=NCC1CC1c1ccccc1)NCCc1ccc(S(C)(=O)=O)cc1. The van der Waals surface area contributed by atoms with Gasteiger partial charge in [-0.05, 0) is 54.9 Å². The second-order valence-electron chi connectivity index (χ2n) is 7.33. The summed E-state index contributed by atoms with van der Waals surface area (Å²) in [5.41, 5.74) is 2.51. The van der Waals surface area contributed by atoms with Crippen molar-refractivity contribution in [2.75, 3.05) is 25.9 Å². The third-order valence-electron chi connectivity index (χ3n) is 5.04. The first-order chi connectivity index (χ1) is 13.5. The number of nitrogens with one attached hydrogen (secondary N) is 2. The lowest BCUT2D eigenvalue weighted by Gasteiger charge is -2.11. The van der Waals surface area contributed by atoms with Gasteiger partial charge in [0, 0.05) is 25.9 Å². The topological polar surface area (TPSA) is 70.6 Å². The second kappa shape index (κ2) is 9.24. The van der Waals surface area contributed by atoms with E-state index in [1.54, 1.807) is 12.1 Å². The number of aliphatic imine (C=N–C) groups is 1. The van der Waals surface area contributed by atoms with Gasteiger partial charge in [0.15, 0.2) is 15.8 Å². The van der Waals surface area contributed by atoms with Gasteiger partial charge in [-0.2, -0.15) is 0 Å². The van der Waals surface area contributed by atoms with Gasteiger partial charge in [-0.1, -0.05) is 42.5 Å². The molecule has 0 aliphatic heterocycles. The highest BCUT2D eigenvalue weighted by atomic mass is 32.2. The third kappa shape index (κ3) is 5.83. The Kier molecular flexibility index (Phi) is 6.73. The minimum absolute atomic E-state index is 0.358. The minimum atomic E-state index is -3.14. The van der Waals surface area contributed by atoms with Crippen LogP contribution >= 0.6 is 0 Å². The molecule has 0 heterocycles. The maximum Gasteiger partial charge on any atom is 0.191 e. The lowest BCUT2D eigenvalue weighted by molar-refractivity contribution is 0.602. The molecule has 2 aromatic rings. The molecule has 0 spiro atoms. The zero-order valence-corrected chi connectivity index (χ0v) is 17.4. The zero-order valence-electron chi connectivity index (χ0n) is 16.6. The van der Waals surface area contributed by atoms with Crippen LogP contribution in [0.25, 0.3) is 0 Å². The molecule has 2 aromatic carbocycles. The van der Waals surface area contributed by atoms with Gasteiger partial charge in [0.1, 0.15) is 0 Å². The Labute approximate surface area is 168 Å². The molecule has 0 amide bonds. The van der Waals surface area contributed by atoms with Crippen molar-refractivity contribution in [3.8, 4) is 0 Å². The van der Waals surface area contributed by atoms with Crippen LogP contribution < -0.4 is 10.6 Å². The Hall–Kier alpha value is -2.34. The third-order valence-corrected chi connectivity index (χ3v) is 6.16. The maximum atomic E-state index is 11.5. The summed E-state index contributed by atoms with van der Waals surface area (Å²) < 4.78 is 23.1. The van der Waals surface area contributed by atoms with E-state index in [1.165, 1.54) is 18.2 Å². The van der Waals surface area contributed by atoms with Crippen LogP contribution in [0.5, 0.6) is 0 Å². The van der Waals surface area contributed by atoms with Crippen molar-refractivity contribution in [2.24, 2.45) is 10.9 Å². The zero-order chi connectivity index (χ0) is 20.0. The van der Waals surface area contributed by atoms with Crippen LogP contribution in [0.15, 0.2) is 64.5 Å². The van der Waals surface area contributed by atoms with Gasteiger partial charge in [-0.15, -0.1) is 0 Å². The molecule has 2 unspecified atom stereocenters. The van der Waals surface area contributed by atoms with Crippen molar-refractivity contribution in [1.29, 1.82) is 0 Å². The summed E-state index contributed by atoms with van der Waals surface area (Å²) in [7, 11) is -3.14. The predicted molar refractivity (Wildman–Crippen MR) is 115 cm³/mol. The Balaban J connectivity index is 1.47. The van der Waals surface area contributed by atoms with Crippen molar-refractivity contribution in [2.45, 2.75) is 30.6 Å². The van der Waals surface area contributed by atoms with Gasteiger partial charge < -0.3 is 10.6 Å². The van der Waals surface area contributed by atoms with Crippen molar-refractivity contribution >= 4 is 15.8 Å². The molecule has 6 heteroatoms. The van der Waals surface area contributed by atoms with Crippen LogP contribution in [-0.2, 0) is 16.3 Å². The number of benzene rings is 2. The lowest BCUT2D eigenvalue weighted by atomic mass is 10.1. The molecule has 3 rings (SSSR count). The van der Waals surface area contributed by atoms with E-state index in [9.17, 15) is 8.42 Å². The minimum Gasteiger partial charge on any atom is -0.357 e. The fraction of sp³-hybridized carbons (Fsp3) is 0.409. The van der Waals surface area contributed by atoms with Crippen LogP contribution in [-0.4, -0.2) is 40.3 Å². The highest BCUT2D eigenvalue weighted by molar-refractivity contribution is 7.90. The number of hydrogen-bond acceptors (Lipinski definition) is 3. The molecule has 2 N–H and O–H groups in total. The first kappa shape index (κ1) is 20.4. The van der Waals surface area contributed by atoms with E-state index in [2.05, 4.69) is 47.9 Å². The second-order valence-corrected chi connectivity index (χ2v) is 9.34. The van der Waals surface area contributed by atoms with Gasteiger partial charge in [-0.3, -0.25) is 4.99 Å². The Morgan fingerprint density at radius 3 is 2.43 bits per heavy atom. The molecular formula is C22H29N3O2S. The predicted octanol–water partition coefficient (Wildman–Crippen LogP) is 2.99. The van der Waals surface area contributed by atoms with E-state index in [4.69, 9.17) is 4.99 Å². The largest absolute Gasteiger partial charge is 0.357 e. The van der Waals surface area contributed by atoms with Gasteiger partial charge >= 0.3 is 0 Å². The van der Waals surface area contributed by atoms with Gasteiger partial charge in [0.25, 0.3) is 0 Å². The normalized spacial score (nSPS) is 19.3. The average molecular weight is 400 g/mol. The molecule has 2 atom stereocenters. The van der Waals surface area contributed by atoms with E-state index >= 15 is 0 Å². The fourth-order valence-corrected chi connectivity index (χ4v) is 3.97. The average Bonchev–Trinajstić information content (AvgIpc) is 3.46. The first-order valence-corrected chi connectivity index (χ1v) is 11.7. The molecule has 150 valence electrons. The van der Waals surface area contributed by atoms with E-state index in [0.717, 1.165) is 37.6 Å². The number of guanidine groups is 1. The Bertz CT molecular complexity index is 893. The molecule has 1 aliphatic rings. The molecular weight excluding hydrogens is 370 g/mol. The fourth-order valence-electron chi connectivity index (χ4n) is 3.34. The molecule has 1 fully saturated rings. The molecule has 0 radical (unpaired) electrons. The van der Waals surface area contributed by atoms with Crippen LogP contribution in [0.3, 0.4) is 0 Å². The summed E-state index contributed by atoms with van der Waals surface area (Å²) in [6, 6.07) is 17.7. The monoisotopic (exact) mass is 399 g/mol. The van der Waals surface area contributed by atoms with Gasteiger partial charge in [0.2, 0.25) is 0 Å². The summed E-state index contributed by atoms with van der Waals surface area (Å²) >= 11 is 0. The summed E-state index contributed by atoms with van der Waals surface area (Å²) in [4.78, 5) is 5.10. The first-order valence-electron chi connectivity index (χ1n) is 9.83. The summed E-state index contributed by atoms with van der Waals surface area (Å²) in [5.74, 6) is 2.11. The summed E-state index contributed by atoms with van der Waals surface area (Å²) in [6.07, 6.45) is 3.25. The Morgan fingerprint density at radius 2 is 1.79 bits per heavy atom. The van der Waals surface area contributed by atoms with Crippen molar-refractivity contribution in [1.82, 2.24) is 10.6 Å². The van der Waals surface area contributed by atoms with E-state index in [-0.39, 0.29) is 0 Å². The molecule has 5 nitrogen and oxygen atoms in total. The maximum absolute atomic E-state index is 11.5. The van der Waals surface area contributed by atoms with Crippen molar-refractivity contribution in [3.63, 3.8) is 0 Å². The molecule has 0 aromatic heterocycles. The van der Waals surface area contributed by atoms with Crippen molar-refractivity contribution in [3.05, 3.63) is 65.7 Å². The quantitative estimate of drug-likeness (QED) is 0.529. The van der Waals surface area contributed by atoms with Gasteiger partial charge in [-0.25, -0.2) is 8.42 Å². The molecule has 1 aliphatic carbocycles. The summed E-state index contributed by atoms with van der Waals surface area (Å²) in [5, 5.41) is 6.67. The highest BCUT2D eigenvalue weighted by Gasteiger charge is 2.37. The van der Waals surface area contributed by atoms with Gasteiger partial charge in [0.05, 0.1) is 4.90 Å². The highest BCUT2D eigenvalue weighted by Crippen LogP contribution is 2.47. The van der Waals surface area contributed by atoms with Crippen LogP contribution in [0.2, 0.25) is 0 Å². The van der Waals surface area contributed by atoms with E-state index in [1.807, 2.05) is 12.1 Å². The standard InChI is InChI=1S/C22H29N3O2S/c1-3-23-22(25-16-19-15-21(19)18-7-5-4-6-8-18)24-14-13-17-9-11-20(12-10-17)28(2,26)27/h4-12,19,21H,3,13-16H2,1-2H3,(H2,23,24,25). The number of nitrogens with zero attached hydrogens (tertiary/aromatic N) is 1. The van der Waals surface area contributed by atoms with Crippen LogP contribution in [0.1, 0.15) is 30.4 Å².